The molecule has 0 saturated heterocycles. The second-order valence-corrected chi connectivity index (χ2v) is 7.02. The van der Waals surface area contributed by atoms with Crippen molar-refractivity contribution < 1.29 is 5.11 Å². The summed E-state index contributed by atoms with van der Waals surface area (Å²) < 4.78 is 1.64. The average molecular weight is 390 g/mol. The molecule has 0 radical (unpaired) electrons. The average Bonchev–Trinajstić information content (AvgIpc) is 2.78. The fraction of sp³-hybridized carbons (Fsp3) is 0. The highest BCUT2D eigenvalue weighted by atomic mass is 16.3. The molecule has 4 aromatic carbocycles. The van der Waals surface area contributed by atoms with E-state index in [4.69, 9.17) is 4.98 Å². The number of rotatable bonds is 3. The summed E-state index contributed by atoms with van der Waals surface area (Å²) >= 11 is 0. The van der Waals surface area contributed by atoms with Gasteiger partial charge in [-0.25, -0.2) is 4.98 Å². The van der Waals surface area contributed by atoms with Gasteiger partial charge in [-0.05, 0) is 41.8 Å². The first-order chi connectivity index (χ1) is 14.7. The van der Waals surface area contributed by atoms with Crippen molar-refractivity contribution in [3.05, 3.63) is 113 Å². The summed E-state index contributed by atoms with van der Waals surface area (Å²) in [6.07, 6.45) is 3.54. The van der Waals surface area contributed by atoms with Crippen LogP contribution >= 0.6 is 0 Å². The van der Waals surface area contributed by atoms with Gasteiger partial charge < -0.3 is 5.11 Å². The zero-order valence-electron chi connectivity index (χ0n) is 16.1. The molecular weight excluding hydrogens is 372 g/mol. The normalized spacial score (nSPS) is 11.5. The SMILES string of the molecule is O=c1c2ccccc2nc(/C=C/c2ccccc2O)n1-c1cccc2ccccc12. The monoisotopic (exact) mass is 390 g/mol. The zero-order chi connectivity index (χ0) is 20.5. The number of phenols is 1. The summed E-state index contributed by atoms with van der Waals surface area (Å²) in [5.74, 6) is 0.673. The molecule has 0 saturated carbocycles. The Kier molecular flexibility index (Phi) is 4.37. The summed E-state index contributed by atoms with van der Waals surface area (Å²) in [6.45, 7) is 0. The van der Waals surface area contributed by atoms with E-state index in [-0.39, 0.29) is 11.3 Å². The standard InChI is InChI=1S/C26H18N2O2/c29-24-15-6-2-9-19(24)16-17-25-27-22-13-5-4-12-21(22)26(30)28(25)23-14-7-10-18-8-1-3-11-20(18)23/h1-17,29H/b17-16+. The molecule has 144 valence electrons. The number of para-hydroxylation sites is 2. The van der Waals surface area contributed by atoms with E-state index in [0.717, 1.165) is 16.5 Å². The Morgan fingerprint density at radius 2 is 1.43 bits per heavy atom. The van der Waals surface area contributed by atoms with Crippen molar-refractivity contribution in [1.29, 1.82) is 0 Å². The van der Waals surface area contributed by atoms with E-state index in [1.807, 2.05) is 72.8 Å². The number of benzene rings is 4. The van der Waals surface area contributed by atoms with Crippen LogP contribution in [0, 0.1) is 0 Å². The van der Waals surface area contributed by atoms with E-state index < -0.39 is 0 Å². The van der Waals surface area contributed by atoms with Crippen LogP contribution in [0.2, 0.25) is 0 Å². The van der Waals surface area contributed by atoms with Gasteiger partial charge in [-0.3, -0.25) is 9.36 Å². The van der Waals surface area contributed by atoms with Gasteiger partial charge in [0.1, 0.15) is 11.6 Å². The molecule has 30 heavy (non-hydrogen) atoms. The van der Waals surface area contributed by atoms with Crippen molar-refractivity contribution in [3.8, 4) is 11.4 Å². The highest BCUT2D eigenvalue weighted by molar-refractivity contribution is 5.91. The van der Waals surface area contributed by atoms with Crippen LogP contribution in [-0.4, -0.2) is 14.7 Å². The number of hydrogen-bond donors (Lipinski definition) is 1. The van der Waals surface area contributed by atoms with E-state index in [1.165, 1.54) is 0 Å². The second kappa shape index (κ2) is 7.33. The zero-order valence-corrected chi connectivity index (χ0v) is 16.1. The fourth-order valence-corrected chi connectivity index (χ4v) is 3.69. The molecule has 1 N–H and O–H groups in total. The van der Waals surface area contributed by atoms with Crippen LogP contribution in [0.5, 0.6) is 5.75 Å². The minimum atomic E-state index is -0.131. The van der Waals surface area contributed by atoms with E-state index in [0.29, 0.717) is 22.3 Å². The predicted molar refractivity (Wildman–Crippen MR) is 122 cm³/mol. The molecule has 0 aliphatic rings. The maximum atomic E-state index is 13.5. The van der Waals surface area contributed by atoms with Crippen LogP contribution in [0.4, 0.5) is 0 Å². The molecule has 0 unspecified atom stereocenters. The van der Waals surface area contributed by atoms with Gasteiger partial charge in [0.15, 0.2) is 0 Å². The summed E-state index contributed by atoms with van der Waals surface area (Å²) in [4.78, 5) is 18.3. The van der Waals surface area contributed by atoms with Crippen molar-refractivity contribution in [3.63, 3.8) is 0 Å². The van der Waals surface area contributed by atoms with Gasteiger partial charge in [-0.2, -0.15) is 0 Å². The van der Waals surface area contributed by atoms with E-state index in [9.17, 15) is 9.90 Å². The van der Waals surface area contributed by atoms with Gasteiger partial charge in [0, 0.05) is 10.9 Å². The molecule has 4 nitrogen and oxygen atoms in total. The van der Waals surface area contributed by atoms with Crippen LogP contribution in [0.25, 0.3) is 39.5 Å². The number of aromatic hydroxyl groups is 1. The Balaban J connectivity index is 1.82. The number of phenolic OH excluding ortho intramolecular Hbond substituents is 1. The first kappa shape index (κ1) is 17.9. The topological polar surface area (TPSA) is 55.1 Å². The van der Waals surface area contributed by atoms with Gasteiger partial charge in [-0.1, -0.05) is 66.7 Å². The Labute approximate surface area is 173 Å². The van der Waals surface area contributed by atoms with Gasteiger partial charge in [0.2, 0.25) is 0 Å². The molecule has 0 fully saturated rings. The first-order valence-corrected chi connectivity index (χ1v) is 9.68. The lowest BCUT2D eigenvalue weighted by Crippen LogP contribution is -2.22. The largest absolute Gasteiger partial charge is 0.507 e. The fourth-order valence-electron chi connectivity index (χ4n) is 3.69. The van der Waals surface area contributed by atoms with Crippen molar-refractivity contribution in [2.75, 3.05) is 0 Å². The molecule has 0 bridgehead atoms. The number of hydrogen-bond acceptors (Lipinski definition) is 3. The van der Waals surface area contributed by atoms with Crippen LogP contribution in [-0.2, 0) is 0 Å². The smallest absolute Gasteiger partial charge is 0.266 e. The highest BCUT2D eigenvalue weighted by Crippen LogP contribution is 2.24. The van der Waals surface area contributed by atoms with Gasteiger partial charge in [0.05, 0.1) is 16.6 Å². The Morgan fingerprint density at radius 3 is 2.30 bits per heavy atom. The number of aromatic nitrogens is 2. The minimum absolute atomic E-state index is 0.131. The molecule has 4 heteroatoms. The third-order valence-electron chi connectivity index (χ3n) is 5.16. The molecule has 0 atom stereocenters. The molecule has 1 aromatic heterocycles. The van der Waals surface area contributed by atoms with Crippen LogP contribution in [0.15, 0.2) is 95.8 Å². The van der Waals surface area contributed by atoms with Crippen molar-refractivity contribution in [2.24, 2.45) is 0 Å². The van der Waals surface area contributed by atoms with Crippen molar-refractivity contribution in [2.45, 2.75) is 0 Å². The summed E-state index contributed by atoms with van der Waals surface area (Å²) in [5, 5.41) is 12.7. The summed E-state index contributed by atoms with van der Waals surface area (Å²) in [5.41, 5.74) is 1.93. The van der Waals surface area contributed by atoms with Crippen LogP contribution in [0.1, 0.15) is 11.4 Å². The van der Waals surface area contributed by atoms with Crippen molar-refractivity contribution in [1.82, 2.24) is 9.55 Å². The lowest BCUT2D eigenvalue weighted by atomic mass is 10.1. The lowest BCUT2D eigenvalue weighted by molar-refractivity contribution is 0.474. The molecule has 0 amide bonds. The van der Waals surface area contributed by atoms with Crippen LogP contribution < -0.4 is 5.56 Å². The summed E-state index contributed by atoms with van der Waals surface area (Å²) in [7, 11) is 0. The third-order valence-corrected chi connectivity index (χ3v) is 5.16. The highest BCUT2D eigenvalue weighted by Gasteiger charge is 2.13. The van der Waals surface area contributed by atoms with Crippen LogP contribution in [0.3, 0.4) is 0 Å². The van der Waals surface area contributed by atoms with Gasteiger partial charge in [0.25, 0.3) is 5.56 Å². The van der Waals surface area contributed by atoms with E-state index >= 15 is 0 Å². The Bertz CT molecular complexity index is 1480. The van der Waals surface area contributed by atoms with Gasteiger partial charge in [-0.15, -0.1) is 0 Å². The number of nitrogens with zero attached hydrogens (tertiary/aromatic N) is 2. The molecule has 0 aliphatic carbocycles. The molecule has 5 aromatic rings. The third kappa shape index (κ3) is 3.05. The maximum Gasteiger partial charge on any atom is 0.266 e. The quantitative estimate of drug-likeness (QED) is 0.448. The summed E-state index contributed by atoms with van der Waals surface area (Å²) in [6, 6.07) is 28.3. The van der Waals surface area contributed by atoms with Gasteiger partial charge >= 0.3 is 0 Å². The van der Waals surface area contributed by atoms with E-state index in [2.05, 4.69) is 0 Å². The predicted octanol–water partition coefficient (Wildman–Crippen LogP) is 5.41. The van der Waals surface area contributed by atoms with E-state index in [1.54, 1.807) is 34.9 Å². The lowest BCUT2D eigenvalue weighted by Gasteiger charge is -2.14. The second-order valence-electron chi connectivity index (χ2n) is 7.02. The molecule has 1 heterocycles. The van der Waals surface area contributed by atoms with Crippen molar-refractivity contribution >= 4 is 33.8 Å². The molecule has 5 rings (SSSR count). The molecular formula is C26H18N2O2. The minimum Gasteiger partial charge on any atom is -0.507 e. The maximum absolute atomic E-state index is 13.5. The Morgan fingerprint density at radius 1 is 0.733 bits per heavy atom. The number of fused-ring (bicyclic) bond motifs is 2. The first-order valence-electron chi connectivity index (χ1n) is 9.68. The molecule has 0 spiro atoms. The Hall–Kier alpha value is -4.18. The molecule has 0 aliphatic heterocycles.